The molecule has 124 valence electrons. The molecular weight excluding hydrogens is 292 g/mol. The molecule has 2 aromatic rings. The molecule has 1 amide bonds. The first-order valence-corrected chi connectivity index (χ1v) is 7.89. The van der Waals surface area contributed by atoms with E-state index >= 15 is 0 Å². The van der Waals surface area contributed by atoms with Gasteiger partial charge in [-0.05, 0) is 43.2 Å². The van der Waals surface area contributed by atoms with Crippen LogP contribution in [0, 0.1) is 6.92 Å². The van der Waals surface area contributed by atoms with Crippen LogP contribution >= 0.6 is 0 Å². The molecule has 0 aliphatic rings. The van der Waals surface area contributed by atoms with E-state index in [2.05, 4.69) is 10.6 Å². The summed E-state index contributed by atoms with van der Waals surface area (Å²) < 4.78 is 5.50. The van der Waals surface area contributed by atoms with E-state index in [-0.39, 0.29) is 18.6 Å². The minimum absolute atomic E-state index is 0.0304. The zero-order chi connectivity index (χ0) is 16.7. The third-order valence-electron chi connectivity index (χ3n) is 3.66. The van der Waals surface area contributed by atoms with Crippen LogP contribution in [0.3, 0.4) is 0 Å². The number of hydrogen-bond donors (Lipinski definition) is 3. The Morgan fingerprint density at radius 3 is 2.52 bits per heavy atom. The normalized spacial score (nSPS) is 12.0. The number of carbonyl (C=O) groups is 1. The monoisotopic (exact) mass is 316 g/mol. The molecule has 0 unspecified atom stereocenters. The molecule has 0 saturated heterocycles. The smallest absolute Gasteiger partial charge is 0.224 e. The highest BCUT2D eigenvalue weighted by Crippen LogP contribution is 2.13. The Kier molecular flexibility index (Phi) is 6.23. The molecular formula is C18H24N2O3. The number of amides is 1. The molecule has 1 aromatic carbocycles. The second-order valence-electron chi connectivity index (χ2n) is 5.59. The Morgan fingerprint density at radius 1 is 1.22 bits per heavy atom. The van der Waals surface area contributed by atoms with Gasteiger partial charge in [-0.2, -0.15) is 0 Å². The summed E-state index contributed by atoms with van der Waals surface area (Å²) in [6.07, 6.45) is 1.03. The van der Waals surface area contributed by atoms with E-state index in [4.69, 9.17) is 9.52 Å². The standard InChI is InChI=1S/C18H24N2O3/c1-3-15(12-21)20-18(22)10-14-5-7-16(8-6-14)19-11-17-9-4-13(2)23-17/h4-9,15,19,21H,3,10-12H2,1-2H3,(H,20,22)/t15-/m1/s1. The summed E-state index contributed by atoms with van der Waals surface area (Å²) in [6.45, 7) is 4.45. The van der Waals surface area contributed by atoms with Gasteiger partial charge >= 0.3 is 0 Å². The molecule has 1 heterocycles. The van der Waals surface area contributed by atoms with Crippen molar-refractivity contribution in [3.05, 3.63) is 53.5 Å². The summed E-state index contributed by atoms with van der Waals surface area (Å²) in [5.41, 5.74) is 1.92. The summed E-state index contributed by atoms with van der Waals surface area (Å²) in [6, 6.07) is 11.5. The summed E-state index contributed by atoms with van der Waals surface area (Å²) in [4.78, 5) is 11.9. The van der Waals surface area contributed by atoms with Crippen LogP contribution < -0.4 is 10.6 Å². The maximum Gasteiger partial charge on any atom is 0.224 e. The minimum Gasteiger partial charge on any atom is -0.465 e. The van der Waals surface area contributed by atoms with Gasteiger partial charge in [0.15, 0.2) is 0 Å². The van der Waals surface area contributed by atoms with Gasteiger partial charge in [-0.1, -0.05) is 19.1 Å². The van der Waals surface area contributed by atoms with E-state index in [9.17, 15) is 4.79 Å². The van der Waals surface area contributed by atoms with Crippen LogP contribution in [0.2, 0.25) is 0 Å². The lowest BCUT2D eigenvalue weighted by Crippen LogP contribution is -2.37. The molecule has 1 aromatic heterocycles. The van der Waals surface area contributed by atoms with Crippen LogP contribution in [0.4, 0.5) is 5.69 Å². The van der Waals surface area contributed by atoms with E-state index in [0.717, 1.165) is 29.2 Å². The summed E-state index contributed by atoms with van der Waals surface area (Å²) >= 11 is 0. The first-order chi connectivity index (χ1) is 11.1. The van der Waals surface area contributed by atoms with Crippen LogP contribution in [0.15, 0.2) is 40.8 Å². The fourth-order valence-electron chi connectivity index (χ4n) is 2.25. The number of furan rings is 1. The first-order valence-electron chi connectivity index (χ1n) is 7.89. The van der Waals surface area contributed by atoms with Crippen LogP contribution in [0.5, 0.6) is 0 Å². The van der Waals surface area contributed by atoms with Crippen molar-refractivity contribution in [3.8, 4) is 0 Å². The Morgan fingerprint density at radius 2 is 1.96 bits per heavy atom. The average molecular weight is 316 g/mol. The fraction of sp³-hybridized carbons (Fsp3) is 0.389. The lowest BCUT2D eigenvalue weighted by atomic mass is 10.1. The molecule has 0 aliphatic carbocycles. The average Bonchev–Trinajstić information content (AvgIpc) is 2.97. The number of anilines is 1. The van der Waals surface area contributed by atoms with Crippen molar-refractivity contribution in [2.24, 2.45) is 0 Å². The SMILES string of the molecule is CC[C@H](CO)NC(=O)Cc1ccc(NCc2ccc(C)o2)cc1. The Hall–Kier alpha value is -2.27. The second-order valence-corrected chi connectivity index (χ2v) is 5.59. The molecule has 0 spiro atoms. The van der Waals surface area contributed by atoms with E-state index in [1.165, 1.54) is 0 Å². The van der Waals surface area contributed by atoms with Crippen molar-refractivity contribution in [2.75, 3.05) is 11.9 Å². The summed E-state index contributed by atoms with van der Waals surface area (Å²) in [7, 11) is 0. The molecule has 3 N–H and O–H groups in total. The van der Waals surface area contributed by atoms with Crippen LogP contribution in [-0.2, 0) is 17.8 Å². The third-order valence-corrected chi connectivity index (χ3v) is 3.66. The van der Waals surface area contributed by atoms with Crippen molar-refractivity contribution in [1.29, 1.82) is 0 Å². The highest BCUT2D eigenvalue weighted by atomic mass is 16.3. The Bertz CT molecular complexity index is 615. The van der Waals surface area contributed by atoms with Crippen LogP contribution in [-0.4, -0.2) is 23.7 Å². The maximum atomic E-state index is 11.9. The van der Waals surface area contributed by atoms with Crippen molar-refractivity contribution in [3.63, 3.8) is 0 Å². The van der Waals surface area contributed by atoms with Crippen LogP contribution in [0.1, 0.15) is 30.4 Å². The highest BCUT2D eigenvalue weighted by molar-refractivity contribution is 5.79. The van der Waals surface area contributed by atoms with Gasteiger partial charge in [0.25, 0.3) is 0 Å². The molecule has 2 rings (SSSR count). The van der Waals surface area contributed by atoms with Crippen molar-refractivity contribution in [1.82, 2.24) is 5.32 Å². The van der Waals surface area contributed by atoms with Crippen molar-refractivity contribution < 1.29 is 14.3 Å². The van der Waals surface area contributed by atoms with Gasteiger partial charge < -0.3 is 20.2 Å². The Labute approximate surface area is 136 Å². The van der Waals surface area contributed by atoms with E-state index in [0.29, 0.717) is 13.0 Å². The zero-order valence-electron chi connectivity index (χ0n) is 13.6. The van der Waals surface area contributed by atoms with Gasteiger partial charge in [0.05, 0.1) is 25.6 Å². The number of aliphatic hydroxyl groups excluding tert-OH is 1. The number of aryl methyl sites for hydroxylation is 1. The van der Waals surface area contributed by atoms with E-state index in [1.807, 2.05) is 50.2 Å². The summed E-state index contributed by atoms with van der Waals surface area (Å²) in [5.74, 6) is 1.72. The number of benzene rings is 1. The van der Waals surface area contributed by atoms with Crippen LogP contribution in [0.25, 0.3) is 0 Å². The molecule has 0 bridgehead atoms. The minimum atomic E-state index is -0.166. The number of hydrogen-bond acceptors (Lipinski definition) is 4. The largest absolute Gasteiger partial charge is 0.465 e. The predicted octanol–water partition coefficient (Wildman–Crippen LogP) is 2.63. The number of carbonyl (C=O) groups excluding carboxylic acids is 1. The molecule has 5 nitrogen and oxygen atoms in total. The lowest BCUT2D eigenvalue weighted by Gasteiger charge is -2.14. The van der Waals surface area contributed by atoms with Gasteiger partial charge in [-0.25, -0.2) is 0 Å². The molecule has 0 fully saturated rings. The van der Waals surface area contributed by atoms with Crippen molar-refractivity contribution >= 4 is 11.6 Å². The molecule has 0 aliphatic heterocycles. The lowest BCUT2D eigenvalue weighted by molar-refractivity contribution is -0.121. The molecule has 0 saturated carbocycles. The van der Waals surface area contributed by atoms with Gasteiger partial charge in [-0.3, -0.25) is 4.79 Å². The number of rotatable bonds is 8. The molecule has 0 radical (unpaired) electrons. The van der Waals surface area contributed by atoms with E-state index < -0.39 is 0 Å². The fourth-order valence-corrected chi connectivity index (χ4v) is 2.25. The topological polar surface area (TPSA) is 74.5 Å². The zero-order valence-corrected chi connectivity index (χ0v) is 13.6. The summed E-state index contributed by atoms with van der Waals surface area (Å²) in [5, 5.41) is 15.2. The Balaban J connectivity index is 1.83. The van der Waals surface area contributed by atoms with Gasteiger partial charge in [0, 0.05) is 5.69 Å². The predicted molar refractivity (Wildman–Crippen MR) is 90.2 cm³/mol. The van der Waals surface area contributed by atoms with Gasteiger partial charge in [-0.15, -0.1) is 0 Å². The molecule has 1 atom stereocenters. The van der Waals surface area contributed by atoms with Gasteiger partial charge in [0.1, 0.15) is 11.5 Å². The molecule has 5 heteroatoms. The highest BCUT2D eigenvalue weighted by Gasteiger charge is 2.09. The first kappa shape index (κ1) is 17.1. The number of nitrogens with one attached hydrogen (secondary N) is 2. The quantitative estimate of drug-likeness (QED) is 0.700. The number of aliphatic hydroxyl groups is 1. The van der Waals surface area contributed by atoms with E-state index in [1.54, 1.807) is 0 Å². The maximum absolute atomic E-state index is 11.9. The molecule has 23 heavy (non-hydrogen) atoms. The second kappa shape index (κ2) is 8.39. The van der Waals surface area contributed by atoms with Gasteiger partial charge in [0.2, 0.25) is 5.91 Å². The van der Waals surface area contributed by atoms with Crippen molar-refractivity contribution in [2.45, 2.75) is 39.3 Å². The third kappa shape index (κ3) is 5.45.